The minimum Gasteiger partial charge on any atom is -0.347 e. The fourth-order valence-electron chi connectivity index (χ4n) is 1.89. The summed E-state index contributed by atoms with van der Waals surface area (Å²) in [5, 5.41) is 19.7. The van der Waals surface area contributed by atoms with Crippen LogP contribution in [-0.4, -0.2) is 22.5 Å². The first-order chi connectivity index (χ1) is 9.17. The Balaban J connectivity index is 2.37. The van der Waals surface area contributed by atoms with E-state index < -0.39 is 4.92 Å². The van der Waals surface area contributed by atoms with Gasteiger partial charge in [-0.15, -0.1) is 0 Å². The molecular formula is C11H14N6O2. The van der Waals surface area contributed by atoms with E-state index in [4.69, 9.17) is 11.1 Å². The van der Waals surface area contributed by atoms with E-state index in [9.17, 15) is 10.1 Å². The number of pyridine rings is 1. The number of nitrogens with two attached hydrogens (primary N) is 1. The maximum Gasteiger partial charge on any atom is 0.311 e. The first-order valence-corrected chi connectivity index (χ1v) is 5.93. The maximum absolute atomic E-state index is 11.1. The second kappa shape index (κ2) is 5.49. The lowest BCUT2D eigenvalue weighted by Gasteiger charge is -2.22. The van der Waals surface area contributed by atoms with Crippen molar-refractivity contribution in [1.82, 2.24) is 4.98 Å². The molecular weight excluding hydrogens is 248 g/mol. The van der Waals surface area contributed by atoms with Gasteiger partial charge in [-0.2, -0.15) is 5.26 Å². The highest BCUT2D eigenvalue weighted by Gasteiger charge is 2.33. The van der Waals surface area contributed by atoms with E-state index in [1.165, 1.54) is 12.1 Å². The van der Waals surface area contributed by atoms with Gasteiger partial charge in [-0.3, -0.25) is 10.1 Å². The maximum atomic E-state index is 11.1. The number of anilines is 2. The Kier molecular flexibility index (Phi) is 3.77. The lowest BCUT2D eigenvalue weighted by Crippen LogP contribution is -2.28. The fraction of sp³-hybridized carbons (Fsp3) is 0.455. The summed E-state index contributed by atoms with van der Waals surface area (Å²) in [5.74, 6) is 5.92. The SMILES string of the molecule is N#CCCN(c1nc(NN)ccc1[N+](=O)[O-])C1CC1. The summed E-state index contributed by atoms with van der Waals surface area (Å²) in [6.45, 7) is 0.434. The molecule has 0 radical (unpaired) electrons. The van der Waals surface area contributed by atoms with Crippen LogP contribution in [0.4, 0.5) is 17.3 Å². The number of nitrogen functional groups attached to an aromatic ring is 1. The van der Waals surface area contributed by atoms with E-state index in [1.54, 1.807) is 0 Å². The Morgan fingerprint density at radius 2 is 2.37 bits per heavy atom. The standard InChI is InChI=1S/C11H14N6O2/c12-6-1-7-16(8-2-3-8)11-9(17(18)19)4-5-10(14-11)15-13/h4-5,8H,1-3,7,13H2,(H,14,15). The van der Waals surface area contributed by atoms with Gasteiger partial charge in [0, 0.05) is 18.7 Å². The number of aromatic nitrogens is 1. The fourth-order valence-corrected chi connectivity index (χ4v) is 1.89. The highest BCUT2D eigenvalue weighted by molar-refractivity contribution is 5.62. The smallest absolute Gasteiger partial charge is 0.311 e. The first-order valence-electron chi connectivity index (χ1n) is 5.93. The third-order valence-corrected chi connectivity index (χ3v) is 2.92. The molecule has 1 aromatic heterocycles. The number of hydrazine groups is 1. The predicted molar refractivity (Wildman–Crippen MR) is 69.3 cm³/mol. The molecule has 0 unspecified atom stereocenters. The van der Waals surface area contributed by atoms with Crippen molar-refractivity contribution in [3.05, 3.63) is 22.2 Å². The summed E-state index contributed by atoms with van der Waals surface area (Å²) in [6.07, 6.45) is 2.23. The van der Waals surface area contributed by atoms with Crippen molar-refractivity contribution in [3.8, 4) is 6.07 Å². The number of nitrogens with one attached hydrogen (secondary N) is 1. The molecule has 0 atom stereocenters. The van der Waals surface area contributed by atoms with Crippen LogP contribution in [0.15, 0.2) is 12.1 Å². The van der Waals surface area contributed by atoms with Gasteiger partial charge in [0.2, 0.25) is 5.82 Å². The molecule has 8 heteroatoms. The van der Waals surface area contributed by atoms with E-state index >= 15 is 0 Å². The van der Waals surface area contributed by atoms with Crippen molar-refractivity contribution in [2.24, 2.45) is 5.84 Å². The van der Waals surface area contributed by atoms with E-state index in [0.29, 0.717) is 18.8 Å². The van der Waals surface area contributed by atoms with Crippen LogP contribution in [-0.2, 0) is 0 Å². The molecule has 1 aliphatic carbocycles. The summed E-state index contributed by atoms with van der Waals surface area (Å²) >= 11 is 0. The monoisotopic (exact) mass is 262 g/mol. The zero-order chi connectivity index (χ0) is 13.8. The Bertz CT molecular complexity index is 522. The van der Waals surface area contributed by atoms with Gasteiger partial charge in [-0.05, 0) is 18.9 Å². The second-order valence-electron chi connectivity index (χ2n) is 4.27. The van der Waals surface area contributed by atoms with Crippen LogP contribution in [0.2, 0.25) is 0 Å². The molecule has 1 fully saturated rings. The normalized spacial score (nSPS) is 13.7. The van der Waals surface area contributed by atoms with Gasteiger partial charge in [-0.25, -0.2) is 10.8 Å². The van der Waals surface area contributed by atoms with Crippen molar-refractivity contribution in [1.29, 1.82) is 5.26 Å². The summed E-state index contributed by atoms with van der Waals surface area (Å²) in [6, 6.07) is 5.11. The van der Waals surface area contributed by atoms with Crippen LogP contribution in [0.3, 0.4) is 0 Å². The molecule has 1 saturated carbocycles. The van der Waals surface area contributed by atoms with Gasteiger partial charge in [0.1, 0.15) is 5.82 Å². The van der Waals surface area contributed by atoms with E-state index in [1.807, 2.05) is 11.0 Å². The Labute approximate surface area is 110 Å². The second-order valence-corrected chi connectivity index (χ2v) is 4.27. The van der Waals surface area contributed by atoms with Gasteiger partial charge >= 0.3 is 5.69 Å². The van der Waals surface area contributed by atoms with Gasteiger partial charge < -0.3 is 10.3 Å². The zero-order valence-electron chi connectivity index (χ0n) is 10.2. The molecule has 100 valence electrons. The highest BCUT2D eigenvalue weighted by Crippen LogP contribution is 2.36. The third kappa shape index (κ3) is 2.89. The predicted octanol–water partition coefficient (Wildman–Crippen LogP) is 1.16. The lowest BCUT2D eigenvalue weighted by molar-refractivity contribution is -0.384. The van der Waals surface area contributed by atoms with E-state index in [-0.39, 0.29) is 17.5 Å². The van der Waals surface area contributed by atoms with Gasteiger partial charge in [0.15, 0.2) is 0 Å². The minimum atomic E-state index is -0.468. The van der Waals surface area contributed by atoms with Crippen LogP contribution < -0.4 is 16.2 Å². The summed E-state index contributed by atoms with van der Waals surface area (Å²) in [5.41, 5.74) is 2.31. The molecule has 0 saturated heterocycles. The number of rotatable bonds is 6. The highest BCUT2D eigenvalue weighted by atomic mass is 16.6. The molecule has 3 N–H and O–H groups in total. The quantitative estimate of drug-likeness (QED) is 0.448. The zero-order valence-corrected chi connectivity index (χ0v) is 10.2. The topological polar surface area (TPSA) is 121 Å². The molecule has 1 aliphatic rings. The van der Waals surface area contributed by atoms with Crippen molar-refractivity contribution >= 4 is 17.3 Å². The van der Waals surface area contributed by atoms with Crippen LogP contribution in [0.5, 0.6) is 0 Å². The number of hydrogen-bond acceptors (Lipinski definition) is 7. The molecule has 0 aromatic carbocycles. The molecule has 0 spiro atoms. The Morgan fingerprint density at radius 1 is 1.63 bits per heavy atom. The van der Waals surface area contributed by atoms with E-state index in [0.717, 1.165) is 12.8 Å². The molecule has 1 heterocycles. The average Bonchev–Trinajstić information content (AvgIpc) is 3.23. The minimum absolute atomic E-state index is 0.0659. The van der Waals surface area contributed by atoms with Gasteiger partial charge in [0.05, 0.1) is 17.4 Å². The number of hydrogen-bond donors (Lipinski definition) is 2. The van der Waals surface area contributed by atoms with Gasteiger partial charge in [0.25, 0.3) is 0 Å². The van der Waals surface area contributed by atoms with Crippen molar-refractivity contribution in [2.45, 2.75) is 25.3 Å². The largest absolute Gasteiger partial charge is 0.347 e. The van der Waals surface area contributed by atoms with Crippen molar-refractivity contribution < 1.29 is 4.92 Å². The Hall–Kier alpha value is -2.40. The third-order valence-electron chi connectivity index (χ3n) is 2.92. The Morgan fingerprint density at radius 3 is 2.89 bits per heavy atom. The number of nitro groups is 1. The molecule has 19 heavy (non-hydrogen) atoms. The molecule has 0 amide bonds. The number of nitriles is 1. The first kappa shape index (κ1) is 13.0. The van der Waals surface area contributed by atoms with Crippen LogP contribution >= 0.6 is 0 Å². The summed E-state index contributed by atoms with van der Waals surface area (Å²) in [4.78, 5) is 16.6. The van der Waals surface area contributed by atoms with Crippen LogP contribution in [0.25, 0.3) is 0 Å². The number of nitrogens with zero attached hydrogens (tertiary/aromatic N) is 4. The molecule has 0 aliphatic heterocycles. The summed E-state index contributed by atoms with van der Waals surface area (Å²) in [7, 11) is 0. The molecule has 2 rings (SSSR count). The molecule has 8 nitrogen and oxygen atoms in total. The molecule has 1 aromatic rings. The van der Waals surface area contributed by atoms with Crippen LogP contribution in [0.1, 0.15) is 19.3 Å². The van der Waals surface area contributed by atoms with Crippen molar-refractivity contribution in [3.63, 3.8) is 0 Å². The molecule has 0 bridgehead atoms. The average molecular weight is 262 g/mol. The van der Waals surface area contributed by atoms with E-state index in [2.05, 4.69) is 10.4 Å². The summed E-state index contributed by atoms with van der Waals surface area (Å²) < 4.78 is 0. The van der Waals surface area contributed by atoms with Crippen LogP contribution in [0, 0.1) is 21.4 Å². The van der Waals surface area contributed by atoms with Crippen molar-refractivity contribution in [2.75, 3.05) is 16.9 Å². The lowest BCUT2D eigenvalue weighted by atomic mass is 10.3. The van der Waals surface area contributed by atoms with Gasteiger partial charge in [-0.1, -0.05) is 0 Å².